The van der Waals surface area contributed by atoms with E-state index in [1.165, 1.54) is 0 Å². The van der Waals surface area contributed by atoms with Gasteiger partial charge in [0.2, 0.25) is 0 Å². The van der Waals surface area contributed by atoms with E-state index < -0.39 is 0 Å². The van der Waals surface area contributed by atoms with Crippen molar-refractivity contribution in [3.63, 3.8) is 0 Å². The Morgan fingerprint density at radius 1 is 1.04 bits per heavy atom. The number of rotatable bonds is 5. The van der Waals surface area contributed by atoms with Gasteiger partial charge in [0.1, 0.15) is 5.56 Å². The Labute approximate surface area is 151 Å². The van der Waals surface area contributed by atoms with Crippen LogP contribution in [0.5, 0.6) is 0 Å². The minimum absolute atomic E-state index is 0.174. The molecule has 0 atom stereocenters. The summed E-state index contributed by atoms with van der Waals surface area (Å²) in [6.07, 6.45) is 3.66. The fourth-order valence-corrected chi connectivity index (χ4v) is 3.00. The van der Waals surface area contributed by atoms with Gasteiger partial charge in [-0.3, -0.25) is 14.6 Å². The molecule has 5 nitrogen and oxygen atoms in total. The number of aromatic amines is 1. The highest BCUT2D eigenvalue weighted by atomic mass is 16.2. The molecule has 0 bridgehead atoms. The van der Waals surface area contributed by atoms with Gasteiger partial charge in [-0.15, -0.1) is 0 Å². The number of carbonyl (C=O) groups excluding carboxylic acids is 1. The zero-order valence-electron chi connectivity index (χ0n) is 14.3. The molecule has 1 aromatic carbocycles. The van der Waals surface area contributed by atoms with Crippen LogP contribution in [0.15, 0.2) is 71.7 Å². The van der Waals surface area contributed by atoms with Crippen molar-refractivity contribution in [2.45, 2.75) is 25.4 Å². The number of nitrogens with one attached hydrogen (secondary N) is 1. The maximum atomic E-state index is 13.0. The molecule has 3 aromatic rings. The molecular formula is C21H19N3O2. The first-order valence-electron chi connectivity index (χ1n) is 8.72. The Morgan fingerprint density at radius 3 is 2.46 bits per heavy atom. The van der Waals surface area contributed by atoms with Crippen molar-refractivity contribution in [2.24, 2.45) is 0 Å². The molecule has 130 valence electrons. The molecule has 1 aliphatic rings. The normalized spacial score (nSPS) is 13.4. The highest BCUT2D eigenvalue weighted by Crippen LogP contribution is 2.29. The summed E-state index contributed by atoms with van der Waals surface area (Å²) in [7, 11) is 0. The van der Waals surface area contributed by atoms with E-state index in [1.54, 1.807) is 23.2 Å². The Bertz CT molecular complexity index is 963. The third-order valence-electron chi connectivity index (χ3n) is 4.53. The topological polar surface area (TPSA) is 66.1 Å². The maximum absolute atomic E-state index is 13.0. The maximum Gasteiger partial charge on any atom is 0.261 e. The van der Waals surface area contributed by atoms with Gasteiger partial charge in [-0.25, -0.2) is 0 Å². The second-order valence-electron chi connectivity index (χ2n) is 6.47. The van der Waals surface area contributed by atoms with Crippen LogP contribution in [0.1, 0.15) is 28.9 Å². The molecule has 1 aliphatic carbocycles. The summed E-state index contributed by atoms with van der Waals surface area (Å²) >= 11 is 0. The monoisotopic (exact) mass is 345 g/mol. The van der Waals surface area contributed by atoms with E-state index in [2.05, 4.69) is 9.97 Å². The Hall–Kier alpha value is -3.21. The van der Waals surface area contributed by atoms with Gasteiger partial charge >= 0.3 is 0 Å². The Kier molecular flexibility index (Phi) is 4.35. The molecular weight excluding hydrogens is 326 g/mol. The average molecular weight is 345 g/mol. The van der Waals surface area contributed by atoms with Crippen LogP contribution in [0.25, 0.3) is 11.3 Å². The molecule has 0 saturated heterocycles. The van der Waals surface area contributed by atoms with Crippen LogP contribution >= 0.6 is 0 Å². The molecule has 2 heterocycles. The summed E-state index contributed by atoms with van der Waals surface area (Å²) in [6, 6.07) is 18.8. The summed E-state index contributed by atoms with van der Waals surface area (Å²) in [6.45, 7) is 0.421. The highest BCUT2D eigenvalue weighted by Gasteiger charge is 2.34. The molecule has 1 amide bonds. The first-order valence-corrected chi connectivity index (χ1v) is 8.72. The van der Waals surface area contributed by atoms with Gasteiger partial charge in [0, 0.05) is 17.9 Å². The fourth-order valence-electron chi connectivity index (χ4n) is 3.00. The summed E-state index contributed by atoms with van der Waals surface area (Å²) in [5, 5.41) is 0. The molecule has 4 rings (SSSR count). The number of nitrogens with zero attached hydrogens (tertiary/aromatic N) is 2. The summed E-state index contributed by atoms with van der Waals surface area (Å²) < 4.78 is 0. The largest absolute Gasteiger partial charge is 0.330 e. The molecule has 1 N–H and O–H groups in total. The molecule has 1 fully saturated rings. The predicted octanol–water partition coefficient (Wildman–Crippen LogP) is 3.24. The predicted molar refractivity (Wildman–Crippen MR) is 99.6 cm³/mol. The van der Waals surface area contributed by atoms with E-state index in [0.717, 1.165) is 24.1 Å². The van der Waals surface area contributed by atoms with Gasteiger partial charge in [-0.2, -0.15) is 0 Å². The molecule has 5 heteroatoms. The first kappa shape index (κ1) is 16.3. The van der Waals surface area contributed by atoms with Gasteiger partial charge in [0.05, 0.1) is 12.2 Å². The van der Waals surface area contributed by atoms with E-state index in [4.69, 9.17) is 0 Å². The van der Waals surface area contributed by atoms with Crippen LogP contribution in [0.4, 0.5) is 0 Å². The third-order valence-corrected chi connectivity index (χ3v) is 4.53. The van der Waals surface area contributed by atoms with E-state index in [-0.39, 0.29) is 23.1 Å². The lowest BCUT2D eigenvalue weighted by atomic mass is 10.1. The molecule has 2 aromatic heterocycles. The minimum atomic E-state index is -0.358. The van der Waals surface area contributed by atoms with Crippen molar-refractivity contribution >= 4 is 5.91 Å². The van der Waals surface area contributed by atoms with E-state index in [1.807, 2.05) is 48.5 Å². The number of pyridine rings is 2. The lowest BCUT2D eigenvalue weighted by Gasteiger charge is -2.22. The van der Waals surface area contributed by atoms with Crippen LogP contribution in [0.3, 0.4) is 0 Å². The number of carbonyl (C=O) groups is 1. The summed E-state index contributed by atoms with van der Waals surface area (Å²) in [4.78, 5) is 34.4. The van der Waals surface area contributed by atoms with Crippen LogP contribution in [0, 0.1) is 0 Å². The van der Waals surface area contributed by atoms with Crippen molar-refractivity contribution < 1.29 is 4.79 Å². The van der Waals surface area contributed by atoms with Crippen LogP contribution in [-0.2, 0) is 6.54 Å². The van der Waals surface area contributed by atoms with Gasteiger partial charge < -0.3 is 9.88 Å². The van der Waals surface area contributed by atoms with Crippen molar-refractivity contribution in [3.05, 3.63) is 88.5 Å². The van der Waals surface area contributed by atoms with Crippen LogP contribution in [-0.4, -0.2) is 26.8 Å². The van der Waals surface area contributed by atoms with Crippen molar-refractivity contribution in [1.82, 2.24) is 14.9 Å². The second kappa shape index (κ2) is 6.96. The van der Waals surface area contributed by atoms with Gasteiger partial charge in [0.25, 0.3) is 11.5 Å². The fraction of sp³-hybridized carbons (Fsp3) is 0.190. The molecule has 0 spiro atoms. The number of benzene rings is 1. The second-order valence-corrected chi connectivity index (χ2v) is 6.47. The molecule has 1 saturated carbocycles. The Balaban J connectivity index is 1.61. The molecule has 0 aliphatic heterocycles. The van der Waals surface area contributed by atoms with Gasteiger partial charge in [-0.1, -0.05) is 36.4 Å². The number of amides is 1. The molecule has 0 radical (unpaired) electrons. The van der Waals surface area contributed by atoms with Crippen molar-refractivity contribution in [2.75, 3.05) is 0 Å². The number of hydrogen-bond acceptors (Lipinski definition) is 3. The number of H-pyrrole nitrogens is 1. The van der Waals surface area contributed by atoms with Crippen LogP contribution < -0.4 is 5.56 Å². The van der Waals surface area contributed by atoms with E-state index >= 15 is 0 Å². The zero-order valence-corrected chi connectivity index (χ0v) is 14.3. The minimum Gasteiger partial charge on any atom is -0.330 e. The van der Waals surface area contributed by atoms with E-state index in [9.17, 15) is 9.59 Å². The van der Waals surface area contributed by atoms with E-state index in [0.29, 0.717) is 12.2 Å². The number of aromatic nitrogens is 2. The zero-order chi connectivity index (χ0) is 17.9. The van der Waals surface area contributed by atoms with Crippen molar-refractivity contribution in [3.8, 4) is 11.3 Å². The lowest BCUT2D eigenvalue weighted by Crippen LogP contribution is -2.36. The average Bonchev–Trinajstić information content (AvgIpc) is 3.52. The SMILES string of the molecule is O=C(c1ccc(-c2ccccc2)[nH]c1=O)N(Cc1ccccn1)C1CC1. The summed E-state index contributed by atoms with van der Waals surface area (Å²) in [5.41, 5.74) is 2.26. The van der Waals surface area contributed by atoms with Gasteiger partial charge in [0.15, 0.2) is 0 Å². The molecule has 26 heavy (non-hydrogen) atoms. The lowest BCUT2D eigenvalue weighted by molar-refractivity contribution is 0.0726. The first-order chi connectivity index (χ1) is 12.7. The molecule has 0 unspecified atom stereocenters. The van der Waals surface area contributed by atoms with Crippen LogP contribution in [0.2, 0.25) is 0 Å². The standard InChI is InChI=1S/C21H19N3O2/c25-20-18(11-12-19(23-20)15-6-2-1-3-7-15)21(26)24(17-9-10-17)14-16-8-4-5-13-22-16/h1-8,11-13,17H,9-10,14H2,(H,23,25). The van der Waals surface area contributed by atoms with Gasteiger partial charge in [-0.05, 0) is 42.7 Å². The van der Waals surface area contributed by atoms with Crippen molar-refractivity contribution in [1.29, 1.82) is 0 Å². The quantitative estimate of drug-likeness (QED) is 0.772. The Morgan fingerprint density at radius 2 is 1.81 bits per heavy atom. The third kappa shape index (κ3) is 3.42. The summed E-state index contributed by atoms with van der Waals surface area (Å²) in [5.74, 6) is -0.237. The number of hydrogen-bond donors (Lipinski definition) is 1. The smallest absolute Gasteiger partial charge is 0.261 e. The highest BCUT2D eigenvalue weighted by molar-refractivity contribution is 5.94.